The van der Waals surface area contributed by atoms with Gasteiger partial charge in [0.2, 0.25) is 11.6 Å². The van der Waals surface area contributed by atoms with Crippen LogP contribution in [-0.2, 0) is 24.0 Å². The van der Waals surface area contributed by atoms with Crippen LogP contribution in [0.15, 0.2) is 0 Å². The highest BCUT2D eigenvalue weighted by Crippen LogP contribution is 2.58. The van der Waals surface area contributed by atoms with Gasteiger partial charge in [-0.25, -0.2) is 0 Å². The van der Waals surface area contributed by atoms with Crippen LogP contribution < -0.4 is 0 Å². The van der Waals surface area contributed by atoms with E-state index in [4.69, 9.17) is 19.2 Å². The van der Waals surface area contributed by atoms with E-state index in [9.17, 15) is 4.79 Å². The van der Waals surface area contributed by atoms with Crippen molar-refractivity contribution in [1.29, 1.82) is 0 Å². The molecule has 5 nitrogen and oxygen atoms in total. The van der Waals surface area contributed by atoms with E-state index >= 15 is 0 Å². The van der Waals surface area contributed by atoms with Crippen molar-refractivity contribution in [3.05, 3.63) is 0 Å². The van der Waals surface area contributed by atoms with Crippen molar-refractivity contribution in [2.45, 2.75) is 90.1 Å². The Morgan fingerprint density at radius 2 is 1.85 bits per heavy atom. The van der Waals surface area contributed by atoms with Crippen LogP contribution in [0.5, 0.6) is 0 Å². The van der Waals surface area contributed by atoms with E-state index in [0.29, 0.717) is 30.8 Å². The zero-order valence-electron chi connectivity index (χ0n) is 16.5. The monoisotopic (exact) mass is 366 g/mol. The van der Waals surface area contributed by atoms with Crippen LogP contribution in [0.2, 0.25) is 0 Å². The smallest absolute Gasteiger partial charge is 0.306 e. The second kappa shape index (κ2) is 7.06. The molecule has 1 heterocycles. The number of carbonyl (C=O) groups excluding carboxylic acids is 1. The Bertz CT molecular complexity index is 522. The van der Waals surface area contributed by atoms with Gasteiger partial charge >= 0.3 is 5.97 Å². The van der Waals surface area contributed by atoms with Gasteiger partial charge < -0.3 is 9.47 Å². The molecule has 0 aromatic heterocycles. The van der Waals surface area contributed by atoms with Gasteiger partial charge in [0, 0.05) is 31.1 Å². The van der Waals surface area contributed by atoms with Gasteiger partial charge in [0.1, 0.15) is 0 Å². The van der Waals surface area contributed by atoms with Gasteiger partial charge in [0.15, 0.2) is 0 Å². The maximum Gasteiger partial charge on any atom is 0.306 e. The highest BCUT2D eigenvalue weighted by Gasteiger charge is 2.62. The fourth-order valence-electron chi connectivity index (χ4n) is 6.10. The highest BCUT2D eigenvalue weighted by molar-refractivity contribution is 5.69. The van der Waals surface area contributed by atoms with Gasteiger partial charge in [-0.1, -0.05) is 13.8 Å². The topological polar surface area (TPSA) is 54.0 Å². The lowest BCUT2D eigenvalue weighted by molar-refractivity contribution is -0.380. The van der Waals surface area contributed by atoms with Crippen LogP contribution in [0.1, 0.15) is 78.6 Å². The number of hydrogen-bond donors (Lipinski definition) is 0. The highest BCUT2D eigenvalue weighted by atomic mass is 17.3. The Kier molecular flexibility index (Phi) is 5.08. The fourth-order valence-corrected chi connectivity index (χ4v) is 6.10. The summed E-state index contributed by atoms with van der Waals surface area (Å²) in [4.78, 5) is 23.7. The molecular weight excluding hydrogens is 332 g/mol. The van der Waals surface area contributed by atoms with Crippen LogP contribution in [0.25, 0.3) is 0 Å². The molecule has 148 valence electrons. The molecule has 1 aliphatic heterocycles. The molecule has 0 radical (unpaired) electrons. The van der Waals surface area contributed by atoms with Crippen LogP contribution in [0.4, 0.5) is 0 Å². The molecule has 4 aliphatic rings. The van der Waals surface area contributed by atoms with E-state index in [-0.39, 0.29) is 5.97 Å². The summed E-state index contributed by atoms with van der Waals surface area (Å²) in [6.07, 6.45) is 8.87. The maximum absolute atomic E-state index is 11.7. The van der Waals surface area contributed by atoms with E-state index in [0.717, 1.165) is 37.5 Å². The van der Waals surface area contributed by atoms with Crippen molar-refractivity contribution >= 4 is 5.97 Å². The predicted molar refractivity (Wildman–Crippen MR) is 95.7 cm³/mol. The van der Waals surface area contributed by atoms with Crippen molar-refractivity contribution in [2.24, 2.45) is 29.6 Å². The van der Waals surface area contributed by atoms with Crippen LogP contribution in [-0.4, -0.2) is 24.2 Å². The number of esters is 1. The van der Waals surface area contributed by atoms with E-state index in [1.165, 1.54) is 25.7 Å². The number of fused-ring (bicyclic) bond motifs is 3. The van der Waals surface area contributed by atoms with Crippen molar-refractivity contribution < 1.29 is 24.0 Å². The van der Waals surface area contributed by atoms with E-state index in [1.807, 2.05) is 6.92 Å². The summed E-state index contributed by atoms with van der Waals surface area (Å²) >= 11 is 0. The average Bonchev–Trinajstić information content (AvgIpc) is 2.96. The minimum Gasteiger partial charge on any atom is -0.466 e. The Labute approximate surface area is 157 Å². The van der Waals surface area contributed by atoms with E-state index in [1.54, 1.807) is 0 Å². The molecule has 5 atom stereocenters. The quantitative estimate of drug-likeness (QED) is 0.540. The summed E-state index contributed by atoms with van der Waals surface area (Å²) in [6, 6.07) is 0. The van der Waals surface area contributed by atoms with Gasteiger partial charge in [-0.3, -0.25) is 4.79 Å². The minimum absolute atomic E-state index is 0.0856. The molecule has 0 amide bonds. The molecule has 4 rings (SSSR count). The molecule has 2 bridgehead atoms. The SMILES string of the molecule is CCOC(=O)CC1CCC2(CC1)OOC1(O2)C(C)CC2CC(C)CC1C2. The van der Waals surface area contributed by atoms with Crippen LogP contribution >= 0.6 is 0 Å². The second-order valence-electron chi connectivity index (χ2n) is 9.37. The van der Waals surface area contributed by atoms with Gasteiger partial charge in [0.25, 0.3) is 0 Å². The van der Waals surface area contributed by atoms with Crippen LogP contribution in [0, 0.1) is 29.6 Å². The first-order chi connectivity index (χ1) is 12.4. The molecular formula is C21H34O5. The Hall–Kier alpha value is -0.650. The first kappa shape index (κ1) is 18.7. The summed E-state index contributed by atoms with van der Waals surface area (Å²) in [5.74, 6) is 1.49. The molecule has 4 fully saturated rings. The maximum atomic E-state index is 11.7. The Morgan fingerprint density at radius 1 is 1.08 bits per heavy atom. The van der Waals surface area contributed by atoms with Crippen molar-refractivity contribution in [3.63, 3.8) is 0 Å². The molecule has 0 aromatic carbocycles. The molecule has 3 aliphatic carbocycles. The summed E-state index contributed by atoms with van der Waals surface area (Å²) in [5.41, 5.74) is 0. The van der Waals surface area contributed by atoms with Crippen LogP contribution in [0.3, 0.4) is 0 Å². The molecule has 0 N–H and O–H groups in total. The normalized spacial score (nSPS) is 48.0. The molecule has 2 spiro atoms. The molecule has 0 aromatic rings. The van der Waals surface area contributed by atoms with Gasteiger partial charge in [0.05, 0.1) is 6.61 Å². The lowest BCUT2D eigenvalue weighted by Crippen LogP contribution is -2.54. The minimum atomic E-state index is -0.604. The molecule has 5 heteroatoms. The Morgan fingerprint density at radius 3 is 2.58 bits per heavy atom. The third kappa shape index (κ3) is 3.31. The summed E-state index contributed by atoms with van der Waals surface area (Å²) in [7, 11) is 0. The number of ether oxygens (including phenoxy) is 2. The summed E-state index contributed by atoms with van der Waals surface area (Å²) in [6.45, 7) is 6.93. The standard InChI is InChI=1S/C21H34O5/c1-4-23-19(22)13-16-5-7-20(8-6-16)24-21(26-25-20)15(3)11-17-9-14(2)10-18(21)12-17/h14-18H,4-13H2,1-3H3. The van der Waals surface area contributed by atoms with E-state index in [2.05, 4.69) is 13.8 Å². The van der Waals surface area contributed by atoms with Gasteiger partial charge in [-0.05, 0) is 63.2 Å². The number of rotatable bonds is 3. The Balaban J connectivity index is 1.40. The van der Waals surface area contributed by atoms with E-state index < -0.39 is 11.6 Å². The molecule has 1 saturated heterocycles. The number of carbonyl (C=O) groups is 1. The first-order valence-electron chi connectivity index (χ1n) is 10.7. The van der Waals surface area contributed by atoms with Crippen molar-refractivity contribution in [2.75, 3.05) is 6.61 Å². The second-order valence-corrected chi connectivity index (χ2v) is 9.37. The third-order valence-electron chi connectivity index (χ3n) is 7.28. The van der Waals surface area contributed by atoms with Gasteiger partial charge in [-0.15, -0.1) is 0 Å². The average molecular weight is 366 g/mol. The fraction of sp³-hybridized carbons (Fsp3) is 0.952. The predicted octanol–water partition coefficient (Wildman–Crippen LogP) is 4.59. The molecule has 3 saturated carbocycles. The summed E-state index contributed by atoms with van der Waals surface area (Å²) in [5, 5.41) is 0. The first-order valence-corrected chi connectivity index (χ1v) is 10.7. The van der Waals surface area contributed by atoms with Crippen molar-refractivity contribution in [3.8, 4) is 0 Å². The molecule has 26 heavy (non-hydrogen) atoms. The zero-order valence-corrected chi connectivity index (χ0v) is 16.5. The zero-order chi connectivity index (χ0) is 18.4. The largest absolute Gasteiger partial charge is 0.466 e. The van der Waals surface area contributed by atoms with Gasteiger partial charge in [-0.2, -0.15) is 9.78 Å². The third-order valence-corrected chi connectivity index (χ3v) is 7.28. The summed E-state index contributed by atoms with van der Waals surface area (Å²) < 4.78 is 11.8. The molecule has 5 unspecified atom stereocenters. The van der Waals surface area contributed by atoms with Crippen molar-refractivity contribution in [1.82, 2.24) is 0 Å². The number of hydrogen-bond acceptors (Lipinski definition) is 5. The lowest BCUT2D eigenvalue weighted by atomic mass is 9.62. The lowest BCUT2D eigenvalue weighted by Gasteiger charge is -2.50.